The van der Waals surface area contributed by atoms with E-state index in [1.54, 1.807) is 0 Å². The van der Waals surface area contributed by atoms with Gasteiger partial charge in [-0.15, -0.1) is 10.2 Å². The molecule has 19 heavy (non-hydrogen) atoms. The highest BCUT2D eigenvalue weighted by atomic mass is 79.9. The van der Waals surface area contributed by atoms with Crippen LogP contribution in [0.2, 0.25) is 5.28 Å². The first kappa shape index (κ1) is 14.5. The summed E-state index contributed by atoms with van der Waals surface area (Å²) in [6.45, 7) is 10.4. The van der Waals surface area contributed by atoms with Gasteiger partial charge in [-0.2, -0.15) is 0 Å². The van der Waals surface area contributed by atoms with Gasteiger partial charge in [0.2, 0.25) is 5.28 Å². The van der Waals surface area contributed by atoms with Crippen molar-refractivity contribution < 1.29 is 0 Å². The Morgan fingerprint density at radius 1 is 1.11 bits per heavy atom. The van der Waals surface area contributed by atoms with Crippen LogP contribution in [0.25, 0.3) is 5.69 Å². The van der Waals surface area contributed by atoms with E-state index in [0.29, 0.717) is 5.28 Å². The van der Waals surface area contributed by atoms with Crippen molar-refractivity contribution >= 4 is 27.5 Å². The molecule has 0 spiro atoms. The second-order valence-electron chi connectivity index (χ2n) is 5.77. The smallest absolute Gasteiger partial charge is 0.229 e. The summed E-state index contributed by atoms with van der Waals surface area (Å²) in [7, 11) is 0. The highest BCUT2D eigenvalue weighted by molar-refractivity contribution is 9.10. The molecule has 0 bridgehead atoms. The molecule has 0 saturated heterocycles. The van der Waals surface area contributed by atoms with E-state index in [4.69, 9.17) is 11.6 Å². The van der Waals surface area contributed by atoms with E-state index < -0.39 is 0 Å². The van der Waals surface area contributed by atoms with Gasteiger partial charge < -0.3 is 0 Å². The standard InChI is InChI=1S/C14H17BrClN3/c1-8-6-10(7-9(2)11(8)15)19-12(14(3,4)5)17-18-13(19)16/h6-7H,1-5H3. The number of aromatic nitrogens is 3. The van der Waals surface area contributed by atoms with E-state index in [0.717, 1.165) is 16.0 Å². The predicted molar refractivity (Wildman–Crippen MR) is 82.2 cm³/mol. The van der Waals surface area contributed by atoms with Gasteiger partial charge >= 0.3 is 0 Å². The fraction of sp³-hybridized carbons (Fsp3) is 0.429. The summed E-state index contributed by atoms with van der Waals surface area (Å²) in [6, 6.07) is 4.17. The quantitative estimate of drug-likeness (QED) is 0.758. The maximum absolute atomic E-state index is 6.21. The fourth-order valence-corrected chi connectivity index (χ4v) is 2.48. The van der Waals surface area contributed by atoms with Crippen molar-refractivity contribution in [2.75, 3.05) is 0 Å². The Bertz CT molecular complexity index is 603. The minimum absolute atomic E-state index is 0.116. The summed E-state index contributed by atoms with van der Waals surface area (Å²) in [5.41, 5.74) is 3.21. The first-order valence-corrected chi connectivity index (χ1v) is 7.27. The number of hydrogen-bond donors (Lipinski definition) is 0. The number of benzene rings is 1. The third-order valence-corrected chi connectivity index (χ3v) is 4.47. The number of halogens is 2. The summed E-state index contributed by atoms with van der Waals surface area (Å²) in [5.74, 6) is 0.860. The molecule has 1 aromatic carbocycles. The third-order valence-electron chi connectivity index (χ3n) is 2.97. The number of aryl methyl sites for hydroxylation is 2. The molecule has 0 aliphatic carbocycles. The average molecular weight is 343 g/mol. The van der Waals surface area contributed by atoms with Gasteiger partial charge in [-0.1, -0.05) is 36.7 Å². The molecule has 2 aromatic rings. The molecule has 2 rings (SSSR count). The molecule has 0 aliphatic heterocycles. The molecule has 5 heteroatoms. The Morgan fingerprint density at radius 3 is 2.11 bits per heavy atom. The third kappa shape index (κ3) is 2.70. The molecule has 102 valence electrons. The first-order chi connectivity index (χ1) is 8.71. The van der Waals surface area contributed by atoms with Crippen molar-refractivity contribution in [1.82, 2.24) is 14.8 Å². The molecule has 3 nitrogen and oxygen atoms in total. The van der Waals surface area contributed by atoms with Crippen molar-refractivity contribution in [3.05, 3.63) is 38.8 Å². The van der Waals surface area contributed by atoms with Gasteiger partial charge in [-0.3, -0.25) is 4.57 Å². The lowest BCUT2D eigenvalue weighted by atomic mass is 9.95. The van der Waals surface area contributed by atoms with E-state index in [2.05, 4.69) is 72.9 Å². The molecule has 0 unspecified atom stereocenters. The molecule has 0 fully saturated rings. The van der Waals surface area contributed by atoms with Crippen LogP contribution in [0.1, 0.15) is 37.7 Å². The van der Waals surface area contributed by atoms with E-state index in [1.807, 2.05) is 4.57 Å². The van der Waals surface area contributed by atoms with Gasteiger partial charge in [0.05, 0.1) is 5.69 Å². The van der Waals surface area contributed by atoms with Crippen LogP contribution in [0.5, 0.6) is 0 Å². The minimum atomic E-state index is -0.116. The molecule has 0 aliphatic rings. The first-order valence-electron chi connectivity index (χ1n) is 6.10. The number of hydrogen-bond acceptors (Lipinski definition) is 2. The fourth-order valence-electron chi connectivity index (χ4n) is 2.03. The molecule has 0 amide bonds. The zero-order valence-electron chi connectivity index (χ0n) is 11.8. The van der Waals surface area contributed by atoms with Crippen LogP contribution >= 0.6 is 27.5 Å². The zero-order valence-corrected chi connectivity index (χ0v) is 14.1. The van der Waals surface area contributed by atoms with Crippen molar-refractivity contribution in [1.29, 1.82) is 0 Å². The molecular formula is C14H17BrClN3. The molecule has 1 heterocycles. The summed E-state index contributed by atoms with van der Waals surface area (Å²) in [4.78, 5) is 0. The maximum Gasteiger partial charge on any atom is 0.229 e. The van der Waals surface area contributed by atoms with E-state index in [1.165, 1.54) is 11.1 Å². The number of nitrogens with zero attached hydrogens (tertiary/aromatic N) is 3. The number of rotatable bonds is 1. The van der Waals surface area contributed by atoms with Crippen LogP contribution in [-0.4, -0.2) is 14.8 Å². The second kappa shape index (κ2) is 4.91. The van der Waals surface area contributed by atoms with Gasteiger partial charge in [0.1, 0.15) is 5.82 Å². The van der Waals surface area contributed by atoms with E-state index in [-0.39, 0.29) is 5.41 Å². The van der Waals surface area contributed by atoms with Crippen LogP contribution in [-0.2, 0) is 5.41 Å². The average Bonchev–Trinajstić information content (AvgIpc) is 2.67. The predicted octanol–water partition coefficient (Wildman–Crippen LogP) is 4.60. The Balaban J connectivity index is 2.69. The SMILES string of the molecule is Cc1cc(-n2c(Cl)nnc2C(C)(C)C)cc(C)c1Br. The zero-order chi connectivity index (χ0) is 14.4. The minimum Gasteiger partial charge on any atom is -0.269 e. The Hall–Kier alpha value is -0.870. The van der Waals surface area contributed by atoms with Gasteiger partial charge in [-0.05, 0) is 48.7 Å². The van der Waals surface area contributed by atoms with Gasteiger partial charge in [0.25, 0.3) is 0 Å². The van der Waals surface area contributed by atoms with Crippen LogP contribution in [0.4, 0.5) is 0 Å². The lowest BCUT2D eigenvalue weighted by Crippen LogP contribution is -2.18. The summed E-state index contributed by atoms with van der Waals surface area (Å²) < 4.78 is 3.03. The lowest BCUT2D eigenvalue weighted by Gasteiger charge is -2.20. The molecule has 0 N–H and O–H groups in total. The summed E-state index contributed by atoms with van der Waals surface area (Å²) in [5, 5.41) is 8.62. The summed E-state index contributed by atoms with van der Waals surface area (Å²) in [6.07, 6.45) is 0. The summed E-state index contributed by atoms with van der Waals surface area (Å²) >= 11 is 9.79. The van der Waals surface area contributed by atoms with E-state index >= 15 is 0 Å². The van der Waals surface area contributed by atoms with Crippen molar-refractivity contribution in [3.63, 3.8) is 0 Å². The lowest BCUT2D eigenvalue weighted by molar-refractivity contribution is 0.533. The van der Waals surface area contributed by atoms with Crippen LogP contribution in [0, 0.1) is 13.8 Å². The van der Waals surface area contributed by atoms with Gasteiger partial charge in [0, 0.05) is 9.89 Å². The molecule has 0 radical (unpaired) electrons. The largest absolute Gasteiger partial charge is 0.269 e. The van der Waals surface area contributed by atoms with Gasteiger partial charge in [-0.25, -0.2) is 0 Å². The normalized spacial score (nSPS) is 11.9. The Labute approximate surface area is 127 Å². The van der Waals surface area contributed by atoms with Crippen LogP contribution in [0.15, 0.2) is 16.6 Å². The van der Waals surface area contributed by atoms with Crippen molar-refractivity contribution in [3.8, 4) is 5.69 Å². The Kier molecular flexibility index (Phi) is 3.76. The second-order valence-corrected chi connectivity index (χ2v) is 6.90. The maximum atomic E-state index is 6.21. The highest BCUT2D eigenvalue weighted by Crippen LogP contribution is 2.30. The topological polar surface area (TPSA) is 30.7 Å². The van der Waals surface area contributed by atoms with Crippen LogP contribution < -0.4 is 0 Å². The molecule has 0 atom stereocenters. The van der Waals surface area contributed by atoms with Crippen LogP contribution in [0.3, 0.4) is 0 Å². The molecular weight excluding hydrogens is 326 g/mol. The van der Waals surface area contributed by atoms with Crippen molar-refractivity contribution in [2.24, 2.45) is 0 Å². The van der Waals surface area contributed by atoms with E-state index in [9.17, 15) is 0 Å². The van der Waals surface area contributed by atoms with Gasteiger partial charge in [0.15, 0.2) is 0 Å². The highest BCUT2D eigenvalue weighted by Gasteiger charge is 2.24. The molecule has 1 aromatic heterocycles. The Morgan fingerprint density at radius 2 is 1.63 bits per heavy atom. The van der Waals surface area contributed by atoms with Crippen molar-refractivity contribution in [2.45, 2.75) is 40.0 Å². The molecule has 0 saturated carbocycles. The monoisotopic (exact) mass is 341 g/mol.